The average molecular weight is 231 g/mol. The summed E-state index contributed by atoms with van der Waals surface area (Å²) in [4.78, 5) is 0. The maximum absolute atomic E-state index is 3.70. The lowest BCUT2D eigenvalue weighted by molar-refractivity contribution is 0.261. The summed E-state index contributed by atoms with van der Waals surface area (Å²) in [5, 5.41) is 3.70. The molecule has 1 nitrogen and oxygen atoms in total. The molecule has 1 aliphatic rings. The molecule has 1 heteroatoms. The number of benzene rings is 1. The van der Waals surface area contributed by atoms with Crippen molar-refractivity contribution in [2.45, 2.75) is 53.0 Å². The van der Waals surface area contributed by atoms with Crippen LogP contribution in [0.25, 0.3) is 0 Å². The Morgan fingerprint density at radius 1 is 1.00 bits per heavy atom. The Balaban J connectivity index is 1.99. The van der Waals surface area contributed by atoms with Crippen molar-refractivity contribution in [2.24, 2.45) is 11.8 Å². The molecule has 0 aliphatic heterocycles. The second-order valence-electron chi connectivity index (χ2n) is 5.91. The van der Waals surface area contributed by atoms with Crippen molar-refractivity contribution in [3.63, 3.8) is 0 Å². The van der Waals surface area contributed by atoms with Crippen LogP contribution in [-0.4, -0.2) is 6.04 Å². The standard InChI is InChI=1S/C16H25N/c1-11-5-7-15(9-13(11)3)17-16-8-6-12(2)14(4)10-16/h5,7,9,12,14,16-17H,6,8,10H2,1-4H3. The Kier molecular flexibility index (Phi) is 3.76. The van der Waals surface area contributed by atoms with Crippen molar-refractivity contribution >= 4 is 5.69 Å². The van der Waals surface area contributed by atoms with Crippen molar-refractivity contribution in [3.8, 4) is 0 Å². The Hall–Kier alpha value is -0.980. The van der Waals surface area contributed by atoms with E-state index in [0.717, 1.165) is 11.8 Å². The first-order valence-electron chi connectivity index (χ1n) is 6.90. The molecule has 1 N–H and O–H groups in total. The lowest BCUT2D eigenvalue weighted by Gasteiger charge is -2.33. The third kappa shape index (κ3) is 3.02. The Morgan fingerprint density at radius 2 is 1.76 bits per heavy atom. The summed E-state index contributed by atoms with van der Waals surface area (Å²) in [6, 6.07) is 7.37. The molecule has 94 valence electrons. The molecule has 17 heavy (non-hydrogen) atoms. The van der Waals surface area contributed by atoms with E-state index >= 15 is 0 Å². The molecule has 1 fully saturated rings. The molecule has 0 bridgehead atoms. The van der Waals surface area contributed by atoms with Crippen LogP contribution in [0.2, 0.25) is 0 Å². The maximum atomic E-state index is 3.70. The van der Waals surface area contributed by atoms with Gasteiger partial charge in [0.05, 0.1) is 0 Å². The molecule has 1 aromatic rings. The van der Waals surface area contributed by atoms with Crippen molar-refractivity contribution in [1.29, 1.82) is 0 Å². The number of hydrogen-bond donors (Lipinski definition) is 1. The molecule has 1 aliphatic carbocycles. The van der Waals surface area contributed by atoms with Gasteiger partial charge in [-0.15, -0.1) is 0 Å². The third-order valence-electron chi connectivity index (χ3n) is 4.48. The zero-order chi connectivity index (χ0) is 12.4. The number of rotatable bonds is 2. The van der Waals surface area contributed by atoms with Crippen LogP contribution in [-0.2, 0) is 0 Å². The maximum Gasteiger partial charge on any atom is 0.0345 e. The second-order valence-corrected chi connectivity index (χ2v) is 5.91. The first kappa shape index (κ1) is 12.5. The van der Waals surface area contributed by atoms with Gasteiger partial charge in [0.15, 0.2) is 0 Å². The van der Waals surface area contributed by atoms with Gasteiger partial charge in [0.2, 0.25) is 0 Å². The predicted molar refractivity (Wildman–Crippen MR) is 75.5 cm³/mol. The number of nitrogens with one attached hydrogen (secondary N) is 1. The second kappa shape index (κ2) is 5.12. The Morgan fingerprint density at radius 3 is 2.41 bits per heavy atom. The fourth-order valence-electron chi connectivity index (χ4n) is 2.75. The van der Waals surface area contributed by atoms with Gasteiger partial charge in [-0.1, -0.05) is 19.9 Å². The van der Waals surface area contributed by atoms with Crippen LogP contribution in [0.1, 0.15) is 44.2 Å². The molecule has 1 aromatic carbocycles. The third-order valence-corrected chi connectivity index (χ3v) is 4.48. The van der Waals surface area contributed by atoms with Crippen molar-refractivity contribution in [3.05, 3.63) is 29.3 Å². The van der Waals surface area contributed by atoms with Crippen LogP contribution in [0.3, 0.4) is 0 Å². The van der Waals surface area contributed by atoms with E-state index in [0.29, 0.717) is 6.04 Å². The van der Waals surface area contributed by atoms with E-state index in [1.165, 1.54) is 36.1 Å². The van der Waals surface area contributed by atoms with Crippen LogP contribution >= 0.6 is 0 Å². The van der Waals surface area contributed by atoms with Gasteiger partial charge in [-0.25, -0.2) is 0 Å². The topological polar surface area (TPSA) is 12.0 Å². The summed E-state index contributed by atoms with van der Waals surface area (Å²) in [6.07, 6.45) is 4.00. The minimum Gasteiger partial charge on any atom is -0.382 e. The van der Waals surface area contributed by atoms with E-state index in [1.807, 2.05) is 0 Å². The quantitative estimate of drug-likeness (QED) is 0.788. The van der Waals surface area contributed by atoms with Gasteiger partial charge < -0.3 is 5.32 Å². The summed E-state index contributed by atoms with van der Waals surface area (Å²) in [5.74, 6) is 1.75. The van der Waals surface area contributed by atoms with Crippen LogP contribution in [0.15, 0.2) is 18.2 Å². The lowest BCUT2D eigenvalue weighted by atomic mass is 9.79. The highest BCUT2D eigenvalue weighted by molar-refractivity contribution is 5.48. The molecule has 0 heterocycles. The highest BCUT2D eigenvalue weighted by Gasteiger charge is 2.24. The fraction of sp³-hybridized carbons (Fsp3) is 0.625. The smallest absolute Gasteiger partial charge is 0.0345 e. The van der Waals surface area contributed by atoms with E-state index in [9.17, 15) is 0 Å². The van der Waals surface area contributed by atoms with Crippen LogP contribution in [0, 0.1) is 25.7 Å². The predicted octanol–water partition coefficient (Wildman–Crippen LogP) is 4.54. The molecule has 0 radical (unpaired) electrons. The molecular weight excluding hydrogens is 206 g/mol. The summed E-state index contributed by atoms with van der Waals surface area (Å²) in [7, 11) is 0. The van der Waals surface area contributed by atoms with Crippen LogP contribution in [0.5, 0.6) is 0 Å². The first-order valence-corrected chi connectivity index (χ1v) is 6.90. The molecule has 0 amide bonds. The zero-order valence-electron chi connectivity index (χ0n) is 11.6. The number of hydrogen-bond acceptors (Lipinski definition) is 1. The van der Waals surface area contributed by atoms with Gasteiger partial charge in [-0.2, -0.15) is 0 Å². The van der Waals surface area contributed by atoms with Gasteiger partial charge in [0.25, 0.3) is 0 Å². The normalized spacial score (nSPS) is 29.1. The molecule has 0 aromatic heterocycles. The van der Waals surface area contributed by atoms with Crippen molar-refractivity contribution in [2.75, 3.05) is 5.32 Å². The minimum absolute atomic E-state index is 0.670. The zero-order valence-corrected chi connectivity index (χ0v) is 11.6. The number of anilines is 1. The SMILES string of the molecule is Cc1ccc(NC2CCC(C)C(C)C2)cc1C. The van der Waals surface area contributed by atoms with E-state index in [2.05, 4.69) is 51.2 Å². The largest absolute Gasteiger partial charge is 0.382 e. The molecular formula is C16H25N. The summed E-state index contributed by atoms with van der Waals surface area (Å²) < 4.78 is 0. The first-order chi connectivity index (χ1) is 8.06. The number of aryl methyl sites for hydroxylation is 2. The van der Waals surface area contributed by atoms with Crippen molar-refractivity contribution < 1.29 is 0 Å². The summed E-state index contributed by atoms with van der Waals surface area (Å²) >= 11 is 0. The molecule has 2 rings (SSSR count). The molecule has 1 saturated carbocycles. The highest BCUT2D eigenvalue weighted by atomic mass is 14.9. The summed E-state index contributed by atoms with van der Waals surface area (Å²) in [6.45, 7) is 9.13. The van der Waals surface area contributed by atoms with Crippen LogP contribution in [0.4, 0.5) is 5.69 Å². The molecule has 0 spiro atoms. The highest BCUT2D eigenvalue weighted by Crippen LogP contribution is 2.31. The van der Waals surface area contributed by atoms with E-state index in [-0.39, 0.29) is 0 Å². The van der Waals surface area contributed by atoms with Crippen molar-refractivity contribution in [1.82, 2.24) is 0 Å². The van der Waals surface area contributed by atoms with Gasteiger partial charge in [0.1, 0.15) is 0 Å². The van der Waals surface area contributed by atoms with Crippen LogP contribution < -0.4 is 5.32 Å². The Labute approximate surface area is 106 Å². The molecule has 0 saturated heterocycles. The van der Waals surface area contributed by atoms with E-state index in [4.69, 9.17) is 0 Å². The Bertz CT molecular complexity index is 383. The average Bonchev–Trinajstić information content (AvgIpc) is 2.29. The lowest BCUT2D eigenvalue weighted by Crippen LogP contribution is -2.30. The monoisotopic (exact) mass is 231 g/mol. The van der Waals surface area contributed by atoms with Gasteiger partial charge in [-0.3, -0.25) is 0 Å². The van der Waals surface area contributed by atoms with Gasteiger partial charge >= 0.3 is 0 Å². The molecule has 3 unspecified atom stereocenters. The van der Waals surface area contributed by atoms with Gasteiger partial charge in [-0.05, 0) is 68.2 Å². The molecule has 3 atom stereocenters. The summed E-state index contributed by atoms with van der Waals surface area (Å²) in [5.41, 5.74) is 4.05. The van der Waals surface area contributed by atoms with E-state index in [1.54, 1.807) is 0 Å². The minimum atomic E-state index is 0.670. The van der Waals surface area contributed by atoms with E-state index < -0.39 is 0 Å². The fourth-order valence-corrected chi connectivity index (χ4v) is 2.75. The van der Waals surface area contributed by atoms with Gasteiger partial charge in [0, 0.05) is 11.7 Å².